The van der Waals surface area contributed by atoms with Crippen molar-refractivity contribution in [2.24, 2.45) is 0 Å². The molecule has 0 aliphatic carbocycles. The molecule has 1 rings (SSSR count). The van der Waals surface area contributed by atoms with Gasteiger partial charge in [0.1, 0.15) is 0 Å². The van der Waals surface area contributed by atoms with Crippen molar-refractivity contribution in [2.45, 2.75) is 0 Å². The number of aliphatic carboxylic acids is 2. The molecule has 0 aromatic heterocycles. The van der Waals surface area contributed by atoms with Crippen molar-refractivity contribution >= 4 is 17.8 Å². The minimum atomic E-state index is -0.917. The summed E-state index contributed by atoms with van der Waals surface area (Å²) in [5.41, 5.74) is 0. The number of halogens is 1. The first-order valence-electron chi connectivity index (χ1n) is 7.17. The van der Waals surface area contributed by atoms with Gasteiger partial charge in [-0.25, -0.2) is 0 Å². The Balaban J connectivity index is 2.68. The standard InChI is InChI=1S/C12H24IN5O5/c14-13-15-10(19)7-16-1-3-17(8-11(20)21)5-6-18(4-2-16)9-12(22)23/h1-9H2,14H3,(H,15,19)(H,20,21)(H,22,23). The van der Waals surface area contributed by atoms with Gasteiger partial charge in [0.05, 0.1) is 0 Å². The van der Waals surface area contributed by atoms with E-state index in [1.54, 1.807) is 9.80 Å². The van der Waals surface area contributed by atoms with Crippen LogP contribution in [0.1, 0.15) is 0 Å². The summed E-state index contributed by atoms with van der Waals surface area (Å²) in [4.78, 5) is 39.0. The van der Waals surface area contributed by atoms with Crippen molar-refractivity contribution in [3.05, 3.63) is 0 Å². The fourth-order valence-electron chi connectivity index (χ4n) is 2.35. The van der Waals surface area contributed by atoms with Crippen LogP contribution in [-0.4, -0.2) is 102 Å². The number of hydrogen-bond donors (Lipinski definition) is 4. The Kier molecular flexibility index (Phi) is 9.31. The van der Waals surface area contributed by atoms with E-state index in [1.807, 2.05) is 4.90 Å². The molecule has 1 amide bonds. The average Bonchev–Trinajstić information content (AvgIpc) is 2.52. The van der Waals surface area contributed by atoms with Crippen LogP contribution in [0.2, 0.25) is 0 Å². The molecular formula is C12H24IN5O5. The maximum atomic E-state index is 11.7. The second kappa shape index (κ2) is 10.7. The van der Waals surface area contributed by atoms with Crippen LogP contribution in [0.5, 0.6) is 0 Å². The van der Waals surface area contributed by atoms with E-state index in [-0.39, 0.29) is 25.5 Å². The summed E-state index contributed by atoms with van der Waals surface area (Å²) in [6, 6.07) is 0. The van der Waals surface area contributed by atoms with Crippen LogP contribution in [0.3, 0.4) is 0 Å². The number of nitrogens with zero attached hydrogens (tertiary/aromatic N) is 3. The number of quaternary nitrogens is 1. The first kappa shape index (κ1) is 20.0. The Morgan fingerprint density at radius 1 is 0.826 bits per heavy atom. The van der Waals surface area contributed by atoms with Gasteiger partial charge in [-0.15, -0.1) is 0 Å². The van der Waals surface area contributed by atoms with Gasteiger partial charge in [0.2, 0.25) is 0 Å². The van der Waals surface area contributed by atoms with Crippen molar-refractivity contribution in [3.63, 3.8) is 0 Å². The third-order valence-electron chi connectivity index (χ3n) is 3.45. The van der Waals surface area contributed by atoms with Crippen molar-refractivity contribution in [1.29, 1.82) is 0 Å². The van der Waals surface area contributed by atoms with Gasteiger partial charge in [-0.05, 0) is 0 Å². The summed E-state index contributed by atoms with van der Waals surface area (Å²) >= 11 is -0.574. The van der Waals surface area contributed by atoms with Gasteiger partial charge in [0.15, 0.2) is 0 Å². The predicted octanol–water partition coefficient (Wildman–Crippen LogP) is -6.65. The van der Waals surface area contributed by atoms with E-state index < -0.39 is 33.7 Å². The topological polar surface area (TPSA) is 141 Å². The van der Waals surface area contributed by atoms with Crippen LogP contribution in [-0.2, 0) is 14.4 Å². The molecule has 1 fully saturated rings. The first-order valence-corrected chi connectivity index (χ1v) is 9.78. The molecule has 0 bridgehead atoms. The molecule has 23 heavy (non-hydrogen) atoms. The number of hydrogen-bond acceptors (Lipinski definition) is 6. The molecule has 11 heteroatoms. The van der Waals surface area contributed by atoms with Crippen LogP contribution in [0.25, 0.3) is 0 Å². The Morgan fingerprint density at radius 3 is 1.48 bits per heavy atom. The molecule has 1 aliphatic rings. The van der Waals surface area contributed by atoms with Crippen molar-refractivity contribution < 1.29 is 50.3 Å². The summed E-state index contributed by atoms with van der Waals surface area (Å²) in [5.74, 6) is -1.93. The Hall–Kier alpha value is -1.02. The molecule has 1 aliphatic heterocycles. The quantitative estimate of drug-likeness (QED) is 0.224. The molecule has 1 saturated heterocycles. The normalized spacial score (nSPS) is 18.8. The van der Waals surface area contributed by atoms with E-state index in [4.69, 9.17) is 10.2 Å². The van der Waals surface area contributed by atoms with Gasteiger partial charge >= 0.3 is 145 Å². The summed E-state index contributed by atoms with van der Waals surface area (Å²) in [5, 5.41) is 17.9. The molecule has 0 aromatic carbocycles. The van der Waals surface area contributed by atoms with E-state index in [1.165, 1.54) is 0 Å². The second-order valence-corrected chi connectivity index (χ2v) is 6.57. The Morgan fingerprint density at radius 2 is 1.17 bits per heavy atom. The zero-order valence-corrected chi connectivity index (χ0v) is 15.1. The first-order chi connectivity index (χ1) is 10.9. The van der Waals surface area contributed by atoms with Crippen LogP contribution in [0.15, 0.2) is 0 Å². The van der Waals surface area contributed by atoms with Crippen molar-refractivity contribution in [3.8, 4) is 0 Å². The van der Waals surface area contributed by atoms with Gasteiger partial charge in [-0.3, -0.25) is 0 Å². The summed E-state index contributed by atoms with van der Waals surface area (Å²) in [7, 11) is 0. The second-order valence-electron chi connectivity index (χ2n) is 5.27. The summed E-state index contributed by atoms with van der Waals surface area (Å²) in [6.45, 7) is 3.20. The minimum absolute atomic E-state index is 0.0920. The van der Waals surface area contributed by atoms with E-state index in [0.29, 0.717) is 39.3 Å². The van der Waals surface area contributed by atoms with Gasteiger partial charge < -0.3 is 0 Å². The monoisotopic (exact) mass is 445 g/mol. The number of carboxylic acids is 2. The predicted molar refractivity (Wildman–Crippen MR) is 75.6 cm³/mol. The number of rotatable bonds is 7. The Bertz CT molecular complexity index is 397. The molecular weight excluding hydrogens is 421 g/mol. The number of nitrogens with one attached hydrogen (secondary N) is 1. The summed E-state index contributed by atoms with van der Waals surface area (Å²) in [6.07, 6.45) is 0. The average molecular weight is 445 g/mol. The molecule has 10 nitrogen and oxygen atoms in total. The zero-order valence-electron chi connectivity index (χ0n) is 12.9. The third-order valence-corrected chi connectivity index (χ3v) is 4.44. The molecule has 0 saturated carbocycles. The van der Waals surface area contributed by atoms with E-state index in [2.05, 4.69) is 7.48 Å². The fraction of sp³-hybridized carbons (Fsp3) is 0.750. The van der Waals surface area contributed by atoms with Gasteiger partial charge in [0, 0.05) is 0 Å². The van der Waals surface area contributed by atoms with Crippen molar-refractivity contribution in [2.75, 3.05) is 58.9 Å². The molecule has 0 spiro atoms. The number of carbonyl (C=O) groups excluding carboxylic acids is 1. The fourth-order valence-corrected chi connectivity index (χ4v) is 2.94. The SMILES string of the molecule is [NH3+][I-]NC(=O)CN1CCN(CC(=O)O)CCN(CC(=O)O)CC1. The molecule has 0 radical (unpaired) electrons. The van der Waals surface area contributed by atoms with Crippen LogP contribution >= 0.6 is 0 Å². The number of carbonyl (C=O) groups is 3. The maximum absolute atomic E-state index is 11.7. The molecule has 1 heterocycles. The molecule has 0 aromatic rings. The molecule has 0 atom stereocenters. The molecule has 0 unspecified atom stereocenters. The van der Waals surface area contributed by atoms with E-state index in [0.717, 1.165) is 0 Å². The van der Waals surface area contributed by atoms with Crippen LogP contribution in [0, 0.1) is 0 Å². The van der Waals surface area contributed by atoms with Gasteiger partial charge in [0.25, 0.3) is 0 Å². The number of carboxylic acid groups (broad SMARTS) is 2. The van der Waals surface area contributed by atoms with E-state index >= 15 is 0 Å². The van der Waals surface area contributed by atoms with Crippen molar-refractivity contribution in [1.82, 2.24) is 18.2 Å². The van der Waals surface area contributed by atoms with Gasteiger partial charge in [-0.2, -0.15) is 0 Å². The molecule has 6 N–H and O–H groups in total. The molecule has 134 valence electrons. The van der Waals surface area contributed by atoms with Gasteiger partial charge in [-0.1, -0.05) is 0 Å². The third kappa shape index (κ3) is 9.00. The van der Waals surface area contributed by atoms with Crippen LogP contribution in [0.4, 0.5) is 0 Å². The summed E-state index contributed by atoms with van der Waals surface area (Å²) < 4.78 is 6.40. The van der Waals surface area contributed by atoms with Crippen LogP contribution < -0.4 is 29.2 Å². The number of amides is 1. The van der Waals surface area contributed by atoms with E-state index in [9.17, 15) is 14.4 Å². The Labute approximate surface area is 145 Å². The zero-order chi connectivity index (χ0) is 17.2.